The predicted octanol–water partition coefficient (Wildman–Crippen LogP) is 1.53. The molecule has 0 fully saturated rings. The molecular formula is C10H11BrN4. The minimum absolute atomic E-state index is 0.579. The van der Waals surface area contributed by atoms with E-state index >= 15 is 0 Å². The topological polar surface area (TPSA) is 56.7 Å². The summed E-state index contributed by atoms with van der Waals surface area (Å²) < 4.78 is 2.85. The summed E-state index contributed by atoms with van der Waals surface area (Å²) in [6.45, 7) is 0.579. The van der Waals surface area contributed by atoms with E-state index in [4.69, 9.17) is 5.73 Å². The molecule has 2 rings (SSSR count). The maximum Gasteiger partial charge on any atom is 0.138 e. The van der Waals surface area contributed by atoms with E-state index in [9.17, 15) is 0 Å². The third-order valence-corrected chi connectivity index (χ3v) is 2.59. The molecule has 0 atom stereocenters. The van der Waals surface area contributed by atoms with E-state index < -0.39 is 0 Å². The highest BCUT2D eigenvalue weighted by Crippen LogP contribution is 2.14. The summed E-state index contributed by atoms with van der Waals surface area (Å²) in [4.78, 5) is 4.16. The van der Waals surface area contributed by atoms with Crippen LogP contribution in [0.15, 0.2) is 35.1 Å². The van der Waals surface area contributed by atoms with Crippen molar-refractivity contribution in [3.05, 3.63) is 40.9 Å². The van der Waals surface area contributed by atoms with Crippen molar-refractivity contribution in [1.82, 2.24) is 14.8 Å². The van der Waals surface area contributed by atoms with Gasteiger partial charge >= 0.3 is 0 Å². The molecular weight excluding hydrogens is 256 g/mol. The van der Waals surface area contributed by atoms with E-state index in [1.54, 1.807) is 11.0 Å². The quantitative estimate of drug-likeness (QED) is 0.917. The number of aromatic nitrogens is 3. The van der Waals surface area contributed by atoms with E-state index in [2.05, 4.69) is 26.0 Å². The zero-order valence-electron chi connectivity index (χ0n) is 8.10. The Hall–Kier alpha value is -1.20. The standard InChI is InChI=1S/C10H11BrN4/c11-8-1-3-9(4-2-8)15-10(5-6-12)13-7-14-15/h1-4,7H,5-6,12H2. The van der Waals surface area contributed by atoms with Gasteiger partial charge in [-0.15, -0.1) is 0 Å². The second-order valence-electron chi connectivity index (χ2n) is 3.10. The van der Waals surface area contributed by atoms with Gasteiger partial charge in [0, 0.05) is 10.9 Å². The Morgan fingerprint density at radius 3 is 2.67 bits per heavy atom. The fraction of sp³-hybridized carbons (Fsp3) is 0.200. The Morgan fingerprint density at radius 1 is 1.27 bits per heavy atom. The largest absolute Gasteiger partial charge is 0.330 e. The molecule has 1 aromatic heterocycles. The fourth-order valence-corrected chi connectivity index (χ4v) is 1.63. The molecule has 0 saturated carbocycles. The number of nitrogens with zero attached hydrogens (tertiary/aromatic N) is 3. The van der Waals surface area contributed by atoms with Crippen LogP contribution in [0.5, 0.6) is 0 Å². The molecule has 0 bridgehead atoms. The number of benzene rings is 1. The Morgan fingerprint density at radius 2 is 2.00 bits per heavy atom. The minimum Gasteiger partial charge on any atom is -0.330 e. The fourth-order valence-electron chi connectivity index (χ4n) is 1.36. The summed E-state index contributed by atoms with van der Waals surface area (Å²) in [5, 5.41) is 4.17. The number of rotatable bonds is 3. The molecule has 0 aliphatic rings. The molecule has 0 unspecified atom stereocenters. The first-order valence-electron chi connectivity index (χ1n) is 4.66. The summed E-state index contributed by atoms with van der Waals surface area (Å²) >= 11 is 3.39. The lowest BCUT2D eigenvalue weighted by atomic mass is 10.3. The summed E-state index contributed by atoms with van der Waals surface area (Å²) in [6.07, 6.45) is 2.28. The van der Waals surface area contributed by atoms with Crippen LogP contribution in [-0.4, -0.2) is 21.3 Å². The van der Waals surface area contributed by atoms with Crippen LogP contribution in [0.1, 0.15) is 5.82 Å². The van der Waals surface area contributed by atoms with Gasteiger partial charge in [-0.3, -0.25) is 0 Å². The Balaban J connectivity index is 2.36. The second-order valence-corrected chi connectivity index (χ2v) is 4.02. The van der Waals surface area contributed by atoms with Crippen LogP contribution in [0.4, 0.5) is 0 Å². The average molecular weight is 267 g/mol. The van der Waals surface area contributed by atoms with Gasteiger partial charge in [0.25, 0.3) is 0 Å². The number of hydrogen-bond donors (Lipinski definition) is 1. The van der Waals surface area contributed by atoms with Crippen LogP contribution in [0.3, 0.4) is 0 Å². The Labute approximate surface area is 96.3 Å². The van der Waals surface area contributed by atoms with Gasteiger partial charge in [0.05, 0.1) is 5.69 Å². The number of hydrogen-bond acceptors (Lipinski definition) is 3. The van der Waals surface area contributed by atoms with Crippen LogP contribution >= 0.6 is 15.9 Å². The van der Waals surface area contributed by atoms with E-state index in [1.807, 2.05) is 24.3 Å². The molecule has 2 N–H and O–H groups in total. The molecule has 0 amide bonds. The smallest absolute Gasteiger partial charge is 0.138 e. The molecule has 15 heavy (non-hydrogen) atoms. The first-order valence-corrected chi connectivity index (χ1v) is 5.45. The second kappa shape index (κ2) is 4.55. The first kappa shape index (κ1) is 10.3. The number of halogens is 1. The molecule has 78 valence electrons. The highest BCUT2D eigenvalue weighted by molar-refractivity contribution is 9.10. The van der Waals surface area contributed by atoms with E-state index in [-0.39, 0.29) is 0 Å². The van der Waals surface area contributed by atoms with Crippen molar-refractivity contribution < 1.29 is 0 Å². The van der Waals surface area contributed by atoms with Crippen molar-refractivity contribution in [2.75, 3.05) is 6.54 Å². The van der Waals surface area contributed by atoms with Crippen LogP contribution in [0, 0.1) is 0 Å². The molecule has 0 aliphatic carbocycles. The normalized spacial score (nSPS) is 10.5. The summed E-state index contributed by atoms with van der Waals surface area (Å²) in [5.41, 5.74) is 6.50. The van der Waals surface area contributed by atoms with Gasteiger partial charge < -0.3 is 5.73 Å². The molecule has 4 nitrogen and oxygen atoms in total. The summed E-state index contributed by atoms with van der Waals surface area (Å²) in [5.74, 6) is 0.889. The Kier molecular flexibility index (Phi) is 3.13. The lowest BCUT2D eigenvalue weighted by molar-refractivity contribution is 0.776. The number of nitrogens with two attached hydrogens (primary N) is 1. The van der Waals surface area contributed by atoms with E-state index in [0.29, 0.717) is 6.54 Å². The van der Waals surface area contributed by atoms with Crippen LogP contribution in [0.2, 0.25) is 0 Å². The van der Waals surface area contributed by atoms with E-state index in [0.717, 1.165) is 22.4 Å². The highest BCUT2D eigenvalue weighted by Gasteiger charge is 2.04. The van der Waals surface area contributed by atoms with Gasteiger partial charge in [0.1, 0.15) is 12.2 Å². The molecule has 0 radical (unpaired) electrons. The van der Waals surface area contributed by atoms with Crippen LogP contribution in [0.25, 0.3) is 5.69 Å². The van der Waals surface area contributed by atoms with Crippen molar-refractivity contribution >= 4 is 15.9 Å². The predicted molar refractivity (Wildman–Crippen MR) is 61.8 cm³/mol. The van der Waals surface area contributed by atoms with Crippen molar-refractivity contribution in [2.24, 2.45) is 5.73 Å². The van der Waals surface area contributed by atoms with Crippen molar-refractivity contribution in [2.45, 2.75) is 6.42 Å². The lowest BCUT2D eigenvalue weighted by Gasteiger charge is -2.04. The monoisotopic (exact) mass is 266 g/mol. The van der Waals surface area contributed by atoms with Crippen molar-refractivity contribution in [3.63, 3.8) is 0 Å². The third-order valence-electron chi connectivity index (χ3n) is 2.06. The molecule has 5 heteroatoms. The SMILES string of the molecule is NCCc1ncnn1-c1ccc(Br)cc1. The van der Waals surface area contributed by atoms with Crippen LogP contribution < -0.4 is 5.73 Å². The zero-order chi connectivity index (χ0) is 10.7. The Bertz CT molecular complexity index is 435. The maximum atomic E-state index is 5.50. The highest BCUT2D eigenvalue weighted by atomic mass is 79.9. The van der Waals surface area contributed by atoms with Gasteiger partial charge in [-0.2, -0.15) is 5.10 Å². The molecule has 0 spiro atoms. The molecule has 1 aromatic carbocycles. The zero-order valence-corrected chi connectivity index (χ0v) is 9.68. The van der Waals surface area contributed by atoms with Gasteiger partial charge in [-0.05, 0) is 30.8 Å². The van der Waals surface area contributed by atoms with Crippen molar-refractivity contribution in [3.8, 4) is 5.69 Å². The van der Waals surface area contributed by atoms with Gasteiger partial charge in [0.2, 0.25) is 0 Å². The summed E-state index contributed by atoms with van der Waals surface area (Å²) in [6, 6.07) is 7.92. The van der Waals surface area contributed by atoms with Gasteiger partial charge in [-0.1, -0.05) is 15.9 Å². The maximum absolute atomic E-state index is 5.50. The summed E-state index contributed by atoms with van der Waals surface area (Å²) in [7, 11) is 0. The lowest BCUT2D eigenvalue weighted by Crippen LogP contribution is -2.09. The third kappa shape index (κ3) is 2.24. The van der Waals surface area contributed by atoms with Crippen molar-refractivity contribution in [1.29, 1.82) is 0 Å². The first-order chi connectivity index (χ1) is 7.31. The van der Waals surface area contributed by atoms with Gasteiger partial charge in [0.15, 0.2) is 0 Å². The van der Waals surface area contributed by atoms with Gasteiger partial charge in [-0.25, -0.2) is 9.67 Å². The minimum atomic E-state index is 0.579. The average Bonchev–Trinajstić information content (AvgIpc) is 2.68. The molecule has 0 saturated heterocycles. The van der Waals surface area contributed by atoms with Crippen LogP contribution in [-0.2, 0) is 6.42 Å². The molecule has 2 aromatic rings. The molecule has 0 aliphatic heterocycles. The van der Waals surface area contributed by atoms with E-state index in [1.165, 1.54) is 0 Å². The molecule has 1 heterocycles.